The molecule has 0 radical (unpaired) electrons. The second-order valence-electron chi connectivity index (χ2n) is 7.95. The molecule has 4 heterocycles. The van der Waals surface area contributed by atoms with Gasteiger partial charge in [0.25, 0.3) is 11.1 Å². The van der Waals surface area contributed by atoms with Gasteiger partial charge in [0.15, 0.2) is 21.8 Å². The van der Waals surface area contributed by atoms with Crippen molar-refractivity contribution in [3.05, 3.63) is 55.6 Å². The van der Waals surface area contributed by atoms with E-state index in [-0.39, 0.29) is 22.6 Å². The molecule has 0 atom stereocenters. The Morgan fingerprint density at radius 1 is 0.912 bits per heavy atom. The first-order chi connectivity index (χ1) is 16.4. The molecule has 2 aliphatic heterocycles. The van der Waals surface area contributed by atoms with Crippen LogP contribution in [0.5, 0.6) is 23.3 Å². The van der Waals surface area contributed by atoms with Crippen LogP contribution in [0.15, 0.2) is 38.1 Å². The van der Waals surface area contributed by atoms with Crippen LogP contribution < -0.4 is 15.9 Å². The number of aromatic hydroxyl groups is 3. The molecule has 10 nitrogen and oxygen atoms in total. The van der Waals surface area contributed by atoms with E-state index < -0.39 is 28.8 Å². The number of thioether (sulfide) groups is 2. The van der Waals surface area contributed by atoms with E-state index in [1.165, 1.54) is 58.0 Å². The summed E-state index contributed by atoms with van der Waals surface area (Å²) < 4.78 is 8.18. The zero-order chi connectivity index (χ0) is 24.0. The Labute approximate surface area is 202 Å². The molecule has 0 unspecified atom stereocenters. The van der Waals surface area contributed by atoms with E-state index in [1.54, 1.807) is 0 Å². The molecule has 5 rings (SSSR count). The number of benzene rings is 1. The first-order valence-corrected chi connectivity index (χ1v) is 12.7. The summed E-state index contributed by atoms with van der Waals surface area (Å²) in [5, 5.41) is 32.7. The number of aromatic nitrogens is 4. The van der Waals surface area contributed by atoms with Crippen LogP contribution in [-0.4, -0.2) is 53.0 Å². The van der Waals surface area contributed by atoms with Gasteiger partial charge < -0.3 is 20.1 Å². The Kier molecular flexibility index (Phi) is 5.94. The summed E-state index contributed by atoms with van der Waals surface area (Å²) in [6.45, 7) is 0.855. The molecule has 1 aromatic carbocycles. The molecule has 2 aliphatic rings. The van der Waals surface area contributed by atoms with Gasteiger partial charge in [0.1, 0.15) is 0 Å². The predicted octanol–water partition coefficient (Wildman–Crippen LogP) is 2.10. The topological polar surface area (TPSA) is 140 Å². The van der Waals surface area contributed by atoms with E-state index in [0.29, 0.717) is 29.0 Å². The van der Waals surface area contributed by atoms with Crippen LogP contribution in [0.4, 0.5) is 0 Å². The quantitative estimate of drug-likeness (QED) is 0.454. The third kappa shape index (κ3) is 3.70. The molecule has 0 spiro atoms. The van der Waals surface area contributed by atoms with Gasteiger partial charge in [0.05, 0.1) is 24.2 Å². The van der Waals surface area contributed by atoms with Gasteiger partial charge in [-0.25, -0.2) is 0 Å². The summed E-state index contributed by atoms with van der Waals surface area (Å²) in [7, 11) is 1.38. The summed E-state index contributed by atoms with van der Waals surface area (Å²) in [5.41, 5.74) is -0.925. The molecular formula is C22H22N4O6S2. The molecule has 0 amide bonds. The number of fused-ring (bicyclic) bond motifs is 2. The van der Waals surface area contributed by atoms with Crippen LogP contribution in [0, 0.1) is 0 Å². The highest BCUT2D eigenvalue weighted by molar-refractivity contribution is 7.99. The van der Waals surface area contributed by atoms with E-state index in [9.17, 15) is 24.9 Å². The van der Waals surface area contributed by atoms with Gasteiger partial charge in [-0.05, 0) is 30.5 Å². The second kappa shape index (κ2) is 8.91. The van der Waals surface area contributed by atoms with Gasteiger partial charge in [-0.1, -0.05) is 29.6 Å². The number of hydrogen-bond acceptors (Lipinski definition) is 10. The lowest BCUT2D eigenvalue weighted by Gasteiger charge is -2.25. The summed E-state index contributed by atoms with van der Waals surface area (Å²) in [5.74, 6) is -0.686. The molecule has 0 saturated carbocycles. The van der Waals surface area contributed by atoms with E-state index in [4.69, 9.17) is 4.74 Å². The molecule has 3 aromatic rings. The van der Waals surface area contributed by atoms with Crippen molar-refractivity contribution in [1.29, 1.82) is 0 Å². The fraction of sp³-hybridized carbons (Fsp3) is 0.364. The number of phenolic OH excluding ortho intramolecular Hbond substituents is 1. The minimum absolute atomic E-state index is 0.115. The van der Waals surface area contributed by atoms with Gasteiger partial charge in [-0.2, -0.15) is 9.97 Å². The second-order valence-corrected chi connectivity index (χ2v) is 10.1. The molecule has 12 heteroatoms. The minimum Gasteiger partial charge on any atom is -0.504 e. The smallest absolute Gasteiger partial charge is 0.262 e. The Balaban J connectivity index is 1.83. The molecule has 0 fully saturated rings. The fourth-order valence-electron chi connectivity index (χ4n) is 4.32. The summed E-state index contributed by atoms with van der Waals surface area (Å²) in [4.78, 5) is 35.7. The normalized spacial score (nSPS) is 15.1. The van der Waals surface area contributed by atoms with Crippen LogP contribution >= 0.6 is 23.5 Å². The number of methoxy groups -OCH3 is 1. The molecule has 0 bridgehead atoms. The van der Waals surface area contributed by atoms with E-state index in [2.05, 4.69) is 9.97 Å². The van der Waals surface area contributed by atoms with Crippen molar-refractivity contribution in [1.82, 2.24) is 19.1 Å². The summed E-state index contributed by atoms with van der Waals surface area (Å²) >= 11 is 2.74. The van der Waals surface area contributed by atoms with Crippen molar-refractivity contribution >= 4 is 23.5 Å². The number of rotatable bonds is 4. The molecule has 0 aliphatic carbocycles. The average molecular weight is 503 g/mol. The number of phenols is 1. The first-order valence-electron chi connectivity index (χ1n) is 10.7. The average Bonchev–Trinajstić information content (AvgIpc) is 2.83. The summed E-state index contributed by atoms with van der Waals surface area (Å²) in [6, 6.07) is 4.35. The Bertz CT molecular complexity index is 1320. The van der Waals surface area contributed by atoms with E-state index in [1.807, 2.05) is 0 Å². The van der Waals surface area contributed by atoms with Crippen LogP contribution in [0.3, 0.4) is 0 Å². The molecule has 0 saturated heterocycles. The number of nitrogens with zero attached hydrogens (tertiary/aromatic N) is 4. The fourth-order valence-corrected chi connectivity index (χ4v) is 6.20. The van der Waals surface area contributed by atoms with Crippen molar-refractivity contribution < 1.29 is 20.1 Å². The third-order valence-corrected chi connectivity index (χ3v) is 8.05. The van der Waals surface area contributed by atoms with E-state index >= 15 is 0 Å². The highest BCUT2D eigenvalue weighted by Crippen LogP contribution is 2.40. The number of ether oxygens (including phenoxy) is 1. The SMILES string of the molecule is COc1cc(C(c2c(O)nc3n(c2=O)CCCS3)c2c(O)nc3n(c2=O)CCCS3)ccc1O. The highest BCUT2D eigenvalue weighted by atomic mass is 32.2. The highest BCUT2D eigenvalue weighted by Gasteiger charge is 2.34. The summed E-state index contributed by atoms with van der Waals surface area (Å²) in [6.07, 6.45) is 1.51. The van der Waals surface area contributed by atoms with Crippen LogP contribution in [-0.2, 0) is 13.1 Å². The van der Waals surface area contributed by atoms with Crippen LogP contribution in [0.1, 0.15) is 35.4 Å². The lowest BCUT2D eigenvalue weighted by atomic mass is 9.86. The molecule has 2 aromatic heterocycles. The van der Waals surface area contributed by atoms with Crippen molar-refractivity contribution in [2.45, 2.75) is 42.2 Å². The predicted molar refractivity (Wildman–Crippen MR) is 127 cm³/mol. The van der Waals surface area contributed by atoms with Crippen LogP contribution in [0.25, 0.3) is 0 Å². The van der Waals surface area contributed by atoms with E-state index in [0.717, 1.165) is 24.3 Å². The largest absolute Gasteiger partial charge is 0.504 e. The third-order valence-electron chi connectivity index (χ3n) is 5.93. The van der Waals surface area contributed by atoms with Crippen molar-refractivity contribution in [3.63, 3.8) is 0 Å². The maximum Gasteiger partial charge on any atom is 0.262 e. The monoisotopic (exact) mass is 502 g/mol. The molecule has 34 heavy (non-hydrogen) atoms. The Morgan fingerprint density at radius 2 is 1.44 bits per heavy atom. The van der Waals surface area contributed by atoms with Gasteiger partial charge in [-0.15, -0.1) is 0 Å². The van der Waals surface area contributed by atoms with Gasteiger partial charge in [0.2, 0.25) is 11.8 Å². The van der Waals surface area contributed by atoms with Crippen molar-refractivity contribution in [2.75, 3.05) is 18.6 Å². The van der Waals surface area contributed by atoms with Gasteiger partial charge >= 0.3 is 0 Å². The minimum atomic E-state index is -1.19. The Hall–Kier alpha value is -3.12. The lowest BCUT2D eigenvalue weighted by molar-refractivity contribution is 0.372. The number of hydrogen-bond donors (Lipinski definition) is 3. The molecule has 178 valence electrons. The molecule has 3 N–H and O–H groups in total. The van der Waals surface area contributed by atoms with Crippen molar-refractivity contribution in [2.24, 2.45) is 0 Å². The van der Waals surface area contributed by atoms with Gasteiger partial charge in [-0.3, -0.25) is 18.7 Å². The Morgan fingerprint density at radius 3 is 1.94 bits per heavy atom. The maximum atomic E-state index is 13.6. The zero-order valence-electron chi connectivity index (χ0n) is 18.2. The standard InChI is InChI=1S/C22H22N4O6S2/c1-32-13-10-11(4-5-12(13)27)14(15-17(28)23-21-25(19(15)30)6-2-8-33-21)16-18(29)24-22-26(20(16)31)7-3-9-34-22/h4-5,10,14,27-29H,2-3,6-9H2,1H3. The lowest BCUT2D eigenvalue weighted by Crippen LogP contribution is -2.35. The van der Waals surface area contributed by atoms with Gasteiger partial charge in [0, 0.05) is 24.6 Å². The maximum absolute atomic E-state index is 13.6. The molecular weight excluding hydrogens is 480 g/mol. The zero-order valence-corrected chi connectivity index (χ0v) is 19.9. The van der Waals surface area contributed by atoms with Crippen LogP contribution in [0.2, 0.25) is 0 Å². The first kappa shape index (κ1) is 22.7. The van der Waals surface area contributed by atoms with Crippen molar-refractivity contribution in [3.8, 4) is 23.3 Å².